The first-order chi connectivity index (χ1) is 8.33. The Bertz CT molecular complexity index is 559. The van der Waals surface area contributed by atoms with Gasteiger partial charge in [-0.2, -0.15) is 0 Å². The van der Waals surface area contributed by atoms with E-state index in [1.807, 2.05) is 6.07 Å². The van der Waals surface area contributed by atoms with Gasteiger partial charge in [0.05, 0.1) is 12.1 Å². The molecule has 3 heteroatoms. The zero-order valence-corrected chi connectivity index (χ0v) is 9.75. The van der Waals surface area contributed by atoms with Gasteiger partial charge in [0.25, 0.3) is 0 Å². The summed E-state index contributed by atoms with van der Waals surface area (Å²) in [6, 6.07) is 5.23. The molecule has 1 aromatic carbocycles. The monoisotopic (exact) mass is 233 g/mol. The number of nitrogens with zero attached hydrogens (tertiary/aromatic N) is 1. The first kappa shape index (κ1) is 10.8. The van der Waals surface area contributed by atoms with Crippen molar-refractivity contribution in [2.24, 2.45) is 0 Å². The molecule has 0 amide bonds. The van der Waals surface area contributed by atoms with E-state index in [0.29, 0.717) is 6.54 Å². The molecular formula is C14H16FNO. The topological polar surface area (TPSA) is 25.2 Å². The number of fused-ring (bicyclic) bond motifs is 3. The number of benzene rings is 1. The third-order valence-electron chi connectivity index (χ3n) is 3.67. The molecule has 1 aromatic heterocycles. The highest BCUT2D eigenvalue weighted by atomic mass is 19.1. The molecule has 1 aliphatic carbocycles. The third-order valence-corrected chi connectivity index (χ3v) is 3.67. The van der Waals surface area contributed by atoms with Crippen LogP contribution >= 0.6 is 0 Å². The first-order valence-corrected chi connectivity index (χ1v) is 6.22. The van der Waals surface area contributed by atoms with E-state index in [4.69, 9.17) is 5.11 Å². The molecule has 2 nitrogen and oxygen atoms in total. The summed E-state index contributed by atoms with van der Waals surface area (Å²) in [5.74, 6) is -0.127. The van der Waals surface area contributed by atoms with Gasteiger partial charge in [-0.15, -0.1) is 0 Å². The van der Waals surface area contributed by atoms with Crippen LogP contribution in [0.1, 0.15) is 24.1 Å². The van der Waals surface area contributed by atoms with Gasteiger partial charge in [-0.3, -0.25) is 0 Å². The molecule has 1 aliphatic rings. The van der Waals surface area contributed by atoms with Crippen LogP contribution in [0.5, 0.6) is 0 Å². The summed E-state index contributed by atoms with van der Waals surface area (Å²) in [4.78, 5) is 0. The number of hydrogen-bond donors (Lipinski definition) is 1. The fourth-order valence-electron chi connectivity index (χ4n) is 2.99. The highest BCUT2D eigenvalue weighted by Crippen LogP contribution is 2.33. The molecule has 17 heavy (non-hydrogen) atoms. The van der Waals surface area contributed by atoms with Crippen LogP contribution < -0.4 is 0 Å². The minimum Gasteiger partial charge on any atom is -0.395 e. The molecule has 1 N–H and O–H groups in total. The molecule has 0 radical (unpaired) electrons. The smallest absolute Gasteiger partial charge is 0.132 e. The molecule has 0 spiro atoms. The van der Waals surface area contributed by atoms with Crippen LogP contribution in [0.3, 0.4) is 0 Å². The maximum absolute atomic E-state index is 14.0. The summed E-state index contributed by atoms with van der Waals surface area (Å²) in [5.41, 5.74) is 3.33. The number of aromatic nitrogens is 1. The Morgan fingerprint density at radius 2 is 2.06 bits per heavy atom. The summed E-state index contributed by atoms with van der Waals surface area (Å²) in [5, 5.41) is 9.93. The molecule has 0 saturated carbocycles. The second-order valence-electron chi connectivity index (χ2n) is 4.64. The van der Waals surface area contributed by atoms with Crippen LogP contribution in [-0.4, -0.2) is 16.3 Å². The third kappa shape index (κ3) is 1.57. The van der Waals surface area contributed by atoms with Crippen molar-refractivity contribution < 1.29 is 9.50 Å². The highest BCUT2D eigenvalue weighted by molar-refractivity contribution is 5.86. The molecule has 0 aliphatic heterocycles. The Hall–Kier alpha value is -1.35. The van der Waals surface area contributed by atoms with Crippen LogP contribution in [-0.2, 0) is 19.4 Å². The van der Waals surface area contributed by atoms with Gasteiger partial charge in [0.2, 0.25) is 0 Å². The Balaban J connectivity index is 2.33. The highest BCUT2D eigenvalue weighted by Gasteiger charge is 2.21. The van der Waals surface area contributed by atoms with Crippen molar-refractivity contribution in [3.05, 3.63) is 35.3 Å². The van der Waals surface area contributed by atoms with E-state index in [2.05, 4.69) is 4.57 Å². The zero-order valence-electron chi connectivity index (χ0n) is 9.75. The Labute approximate surface area is 99.7 Å². The van der Waals surface area contributed by atoms with Gasteiger partial charge in [0, 0.05) is 17.6 Å². The lowest BCUT2D eigenvalue weighted by Gasteiger charge is -2.15. The van der Waals surface area contributed by atoms with E-state index in [-0.39, 0.29) is 12.4 Å². The summed E-state index contributed by atoms with van der Waals surface area (Å²) in [7, 11) is 0. The average molecular weight is 233 g/mol. The molecule has 0 unspecified atom stereocenters. The lowest BCUT2D eigenvalue weighted by atomic mass is 9.95. The van der Waals surface area contributed by atoms with Crippen LogP contribution in [0.4, 0.5) is 4.39 Å². The van der Waals surface area contributed by atoms with Crippen LogP contribution in [0.2, 0.25) is 0 Å². The largest absolute Gasteiger partial charge is 0.395 e. The van der Waals surface area contributed by atoms with Gasteiger partial charge in [0.15, 0.2) is 0 Å². The predicted octanol–water partition coefficient (Wildman–Crippen LogP) is 2.65. The first-order valence-electron chi connectivity index (χ1n) is 6.22. The molecule has 2 aromatic rings. The fraction of sp³-hybridized carbons (Fsp3) is 0.429. The van der Waals surface area contributed by atoms with E-state index < -0.39 is 0 Å². The van der Waals surface area contributed by atoms with Gasteiger partial charge in [-0.1, -0.05) is 6.07 Å². The second-order valence-corrected chi connectivity index (χ2v) is 4.64. The Morgan fingerprint density at radius 1 is 1.24 bits per heavy atom. The van der Waals surface area contributed by atoms with Crippen LogP contribution in [0.25, 0.3) is 10.9 Å². The molecule has 90 valence electrons. The van der Waals surface area contributed by atoms with Gasteiger partial charge in [0.1, 0.15) is 5.82 Å². The quantitative estimate of drug-likeness (QED) is 0.847. The zero-order chi connectivity index (χ0) is 11.8. The van der Waals surface area contributed by atoms with E-state index in [1.54, 1.807) is 6.07 Å². The maximum Gasteiger partial charge on any atom is 0.132 e. The molecule has 0 saturated heterocycles. The van der Waals surface area contributed by atoms with Crippen molar-refractivity contribution in [1.29, 1.82) is 0 Å². The number of halogens is 1. The van der Waals surface area contributed by atoms with Gasteiger partial charge in [-0.25, -0.2) is 4.39 Å². The normalized spacial score (nSPS) is 15.2. The standard InChI is InChI=1S/C14H16FNO/c15-11-5-3-7-13-14(11)10-4-1-2-6-12(10)16(13)8-9-17/h3,5,7,17H,1-2,4,6,8-9H2. The molecule has 0 atom stereocenters. The van der Waals surface area contributed by atoms with E-state index in [0.717, 1.165) is 42.1 Å². The number of rotatable bonds is 2. The predicted molar refractivity (Wildman–Crippen MR) is 65.6 cm³/mol. The SMILES string of the molecule is OCCn1c2c(c3c(F)cccc31)CCCC2. The number of hydrogen-bond acceptors (Lipinski definition) is 1. The number of aryl methyl sites for hydroxylation is 1. The van der Waals surface area contributed by atoms with E-state index >= 15 is 0 Å². The van der Waals surface area contributed by atoms with E-state index in [1.165, 1.54) is 11.8 Å². The number of aliphatic hydroxyl groups excluding tert-OH is 1. The summed E-state index contributed by atoms with van der Waals surface area (Å²) < 4.78 is 16.0. The molecular weight excluding hydrogens is 217 g/mol. The average Bonchev–Trinajstić information content (AvgIpc) is 2.66. The maximum atomic E-state index is 14.0. The molecule has 0 fully saturated rings. The van der Waals surface area contributed by atoms with Gasteiger partial charge in [-0.05, 0) is 43.4 Å². The van der Waals surface area contributed by atoms with Gasteiger partial charge < -0.3 is 9.67 Å². The van der Waals surface area contributed by atoms with Crippen molar-refractivity contribution in [2.45, 2.75) is 32.2 Å². The fourth-order valence-corrected chi connectivity index (χ4v) is 2.99. The molecule has 3 rings (SSSR count). The second kappa shape index (κ2) is 4.15. The van der Waals surface area contributed by atoms with Crippen molar-refractivity contribution in [3.8, 4) is 0 Å². The Kier molecular flexibility index (Phi) is 2.63. The minimum absolute atomic E-state index is 0.104. The Morgan fingerprint density at radius 3 is 2.88 bits per heavy atom. The van der Waals surface area contributed by atoms with Crippen LogP contribution in [0, 0.1) is 5.82 Å². The molecule has 0 bridgehead atoms. The molecule has 1 heterocycles. The summed E-state index contributed by atoms with van der Waals surface area (Å²) in [6.07, 6.45) is 4.27. The van der Waals surface area contributed by atoms with E-state index in [9.17, 15) is 4.39 Å². The summed E-state index contributed by atoms with van der Waals surface area (Å²) in [6.45, 7) is 0.669. The lowest BCUT2D eigenvalue weighted by molar-refractivity contribution is 0.276. The number of aliphatic hydroxyl groups is 1. The van der Waals surface area contributed by atoms with Crippen LogP contribution in [0.15, 0.2) is 18.2 Å². The van der Waals surface area contributed by atoms with Crippen molar-refractivity contribution in [2.75, 3.05) is 6.61 Å². The van der Waals surface area contributed by atoms with Gasteiger partial charge >= 0.3 is 0 Å². The minimum atomic E-state index is -0.127. The van der Waals surface area contributed by atoms with Crippen molar-refractivity contribution in [3.63, 3.8) is 0 Å². The summed E-state index contributed by atoms with van der Waals surface area (Å²) >= 11 is 0. The van der Waals surface area contributed by atoms with Crippen molar-refractivity contribution in [1.82, 2.24) is 4.57 Å². The van der Waals surface area contributed by atoms with Crippen molar-refractivity contribution >= 4 is 10.9 Å². The lowest BCUT2D eigenvalue weighted by Crippen LogP contribution is -2.10.